The zero-order chi connectivity index (χ0) is 21.2. The van der Waals surface area contributed by atoms with E-state index in [9.17, 15) is 4.79 Å². The molecule has 0 saturated heterocycles. The first-order valence-corrected chi connectivity index (χ1v) is 11.9. The minimum atomic E-state index is -0.0608. The number of para-hydroxylation sites is 1. The topological polar surface area (TPSA) is 76.8 Å². The van der Waals surface area contributed by atoms with Crippen LogP contribution < -0.4 is 4.90 Å². The van der Waals surface area contributed by atoms with Crippen LogP contribution in [0.4, 0.5) is 10.8 Å². The van der Waals surface area contributed by atoms with Crippen LogP contribution in [0.5, 0.6) is 0 Å². The van der Waals surface area contributed by atoms with E-state index in [1.807, 2.05) is 54.0 Å². The summed E-state index contributed by atoms with van der Waals surface area (Å²) in [6.07, 6.45) is 5.87. The average Bonchev–Trinajstić information content (AvgIpc) is 3.37. The first kappa shape index (κ1) is 19.9. The Balaban J connectivity index is 1.35. The van der Waals surface area contributed by atoms with Crippen molar-refractivity contribution >= 4 is 39.8 Å². The molecule has 0 unspecified atom stereocenters. The molecule has 7 nitrogen and oxygen atoms in total. The van der Waals surface area contributed by atoms with Crippen molar-refractivity contribution in [1.82, 2.24) is 24.7 Å². The lowest BCUT2D eigenvalue weighted by molar-refractivity contribution is -0.115. The predicted octanol–water partition coefficient (Wildman–Crippen LogP) is 5.11. The fourth-order valence-electron chi connectivity index (χ4n) is 3.34. The molecule has 0 radical (unpaired) electrons. The Bertz CT molecular complexity index is 1190. The van der Waals surface area contributed by atoms with Crippen LogP contribution in [0, 0.1) is 0 Å². The van der Waals surface area contributed by atoms with Crippen LogP contribution in [-0.4, -0.2) is 30.6 Å². The van der Waals surface area contributed by atoms with Crippen LogP contribution in [-0.2, 0) is 10.5 Å². The number of benzene rings is 1. The van der Waals surface area contributed by atoms with Gasteiger partial charge >= 0.3 is 0 Å². The van der Waals surface area contributed by atoms with E-state index in [1.165, 1.54) is 11.3 Å². The average molecular weight is 449 g/mol. The monoisotopic (exact) mass is 448 g/mol. The minimum absolute atomic E-state index is 0.0608. The Labute approximate surface area is 188 Å². The van der Waals surface area contributed by atoms with Gasteiger partial charge in [-0.3, -0.25) is 19.2 Å². The van der Waals surface area contributed by atoms with Gasteiger partial charge < -0.3 is 0 Å². The quantitative estimate of drug-likeness (QED) is 0.366. The third-order valence-electron chi connectivity index (χ3n) is 4.91. The highest BCUT2D eigenvalue weighted by Gasteiger charge is 2.30. The second-order valence-corrected chi connectivity index (χ2v) is 9.03. The Morgan fingerprint density at radius 1 is 1.19 bits per heavy atom. The maximum atomic E-state index is 12.3. The van der Waals surface area contributed by atoms with Crippen LogP contribution >= 0.6 is 23.1 Å². The molecule has 156 valence electrons. The number of pyridine rings is 1. The van der Waals surface area contributed by atoms with Crippen LogP contribution in [0.15, 0.2) is 65.4 Å². The number of hydrogen-bond acceptors (Lipinski definition) is 7. The molecular weight excluding hydrogens is 428 g/mol. The molecule has 1 amide bonds. The molecule has 1 aliphatic carbocycles. The molecule has 1 aliphatic rings. The smallest absolute Gasteiger partial charge is 0.230 e. The van der Waals surface area contributed by atoms with Crippen molar-refractivity contribution < 1.29 is 4.79 Å². The summed E-state index contributed by atoms with van der Waals surface area (Å²) in [5.41, 5.74) is 2.71. The third-order valence-corrected chi connectivity index (χ3v) is 6.76. The molecular formula is C22H20N6OS2. The highest BCUT2D eigenvalue weighted by molar-refractivity contribution is 7.98. The highest BCUT2D eigenvalue weighted by Crippen LogP contribution is 2.41. The number of thioether (sulfide) groups is 1. The van der Waals surface area contributed by atoms with Gasteiger partial charge in [-0.15, -0.1) is 21.5 Å². The highest BCUT2D eigenvalue weighted by atomic mass is 32.2. The fraction of sp³-hybridized carbons (Fsp3) is 0.227. The van der Waals surface area contributed by atoms with Crippen LogP contribution in [0.2, 0.25) is 0 Å². The van der Waals surface area contributed by atoms with Crippen molar-refractivity contribution in [3.05, 3.63) is 65.9 Å². The van der Waals surface area contributed by atoms with Gasteiger partial charge in [0.25, 0.3) is 0 Å². The molecule has 0 N–H and O–H groups in total. The van der Waals surface area contributed by atoms with Gasteiger partial charge in [-0.2, -0.15) is 0 Å². The molecule has 1 fully saturated rings. The number of hydrogen-bond donors (Lipinski definition) is 0. The number of thiazole rings is 1. The molecule has 4 aromatic rings. The van der Waals surface area contributed by atoms with Crippen molar-refractivity contribution in [2.75, 3.05) is 4.90 Å². The standard InChI is InChI=1S/C22H20N6OS2/c1-15(29)27(18-7-3-2-4-8-18)21-24-17(13-30-21)14-31-22-26-25-20(28(22)19-9-10-19)16-6-5-11-23-12-16/h2-8,11-13,19H,9-10,14H2,1H3. The molecule has 31 heavy (non-hydrogen) atoms. The van der Waals surface area contributed by atoms with E-state index in [2.05, 4.69) is 19.7 Å². The number of carbonyl (C=O) groups is 1. The lowest BCUT2D eigenvalue weighted by atomic mass is 10.3. The maximum Gasteiger partial charge on any atom is 0.230 e. The van der Waals surface area contributed by atoms with E-state index in [4.69, 9.17) is 4.98 Å². The molecule has 0 bridgehead atoms. The van der Waals surface area contributed by atoms with Crippen molar-refractivity contribution in [2.45, 2.75) is 36.7 Å². The van der Waals surface area contributed by atoms with Gasteiger partial charge in [0.05, 0.1) is 11.4 Å². The Morgan fingerprint density at radius 2 is 2.03 bits per heavy atom. The number of nitrogens with zero attached hydrogens (tertiary/aromatic N) is 6. The molecule has 5 rings (SSSR count). The molecule has 1 aromatic carbocycles. The summed E-state index contributed by atoms with van der Waals surface area (Å²) in [6, 6.07) is 14.0. The summed E-state index contributed by atoms with van der Waals surface area (Å²) in [6.45, 7) is 1.56. The van der Waals surface area contributed by atoms with Crippen LogP contribution in [0.25, 0.3) is 11.4 Å². The van der Waals surface area contributed by atoms with Gasteiger partial charge in [0, 0.05) is 42.1 Å². The normalized spacial score (nSPS) is 13.3. The zero-order valence-electron chi connectivity index (χ0n) is 16.9. The van der Waals surface area contributed by atoms with E-state index in [0.29, 0.717) is 16.9 Å². The van der Waals surface area contributed by atoms with Crippen LogP contribution in [0.1, 0.15) is 31.5 Å². The first-order valence-electron chi connectivity index (χ1n) is 9.99. The fourth-order valence-corrected chi connectivity index (χ4v) is 5.23. The second kappa shape index (κ2) is 8.60. The number of carbonyl (C=O) groups excluding carboxylic acids is 1. The first-order chi connectivity index (χ1) is 15.2. The van der Waals surface area contributed by atoms with Crippen molar-refractivity contribution in [3.8, 4) is 11.4 Å². The summed E-state index contributed by atoms with van der Waals surface area (Å²) in [7, 11) is 0. The second-order valence-electron chi connectivity index (χ2n) is 7.25. The van der Waals surface area contributed by atoms with Crippen molar-refractivity contribution in [1.29, 1.82) is 0 Å². The number of rotatable bonds is 7. The van der Waals surface area contributed by atoms with Gasteiger partial charge in [-0.1, -0.05) is 30.0 Å². The molecule has 0 atom stereocenters. The van der Waals surface area contributed by atoms with E-state index in [-0.39, 0.29) is 5.91 Å². The minimum Gasteiger partial charge on any atom is -0.299 e. The van der Waals surface area contributed by atoms with Gasteiger partial charge in [0.2, 0.25) is 5.91 Å². The van der Waals surface area contributed by atoms with E-state index in [1.54, 1.807) is 29.8 Å². The van der Waals surface area contributed by atoms with E-state index < -0.39 is 0 Å². The number of amides is 1. The molecule has 3 aromatic heterocycles. The molecule has 1 saturated carbocycles. The zero-order valence-corrected chi connectivity index (χ0v) is 18.5. The molecule has 3 heterocycles. The number of aromatic nitrogens is 5. The third kappa shape index (κ3) is 4.24. The van der Waals surface area contributed by atoms with Crippen LogP contribution in [0.3, 0.4) is 0 Å². The SMILES string of the molecule is CC(=O)N(c1ccccc1)c1nc(CSc2nnc(-c3cccnc3)n2C2CC2)cs1. The van der Waals surface area contributed by atoms with E-state index in [0.717, 1.165) is 40.8 Å². The molecule has 9 heteroatoms. The van der Waals surface area contributed by atoms with Gasteiger partial charge in [-0.05, 0) is 37.1 Å². The number of anilines is 2. The molecule has 0 spiro atoms. The summed E-state index contributed by atoms with van der Waals surface area (Å²) in [5.74, 6) is 1.47. The summed E-state index contributed by atoms with van der Waals surface area (Å²) in [5, 5.41) is 12.5. The maximum absolute atomic E-state index is 12.3. The summed E-state index contributed by atoms with van der Waals surface area (Å²) < 4.78 is 2.22. The largest absolute Gasteiger partial charge is 0.299 e. The summed E-state index contributed by atoms with van der Waals surface area (Å²) >= 11 is 3.09. The van der Waals surface area contributed by atoms with Gasteiger partial charge in [0.15, 0.2) is 16.1 Å². The lowest BCUT2D eigenvalue weighted by Gasteiger charge is -2.17. The Morgan fingerprint density at radius 3 is 2.74 bits per heavy atom. The Hall–Kier alpha value is -3.04. The van der Waals surface area contributed by atoms with Crippen molar-refractivity contribution in [3.63, 3.8) is 0 Å². The predicted molar refractivity (Wildman–Crippen MR) is 122 cm³/mol. The molecule has 0 aliphatic heterocycles. The summed E-state index contributed by atoms with van der Waals surface area (Å²) in [4.78, 5) is 22.8. The van der Waals surface area contributed by atoms with Crippen molar-refractivity contribution in [2.24, 2.45) is 0 Å². The Kier molecular flexibility index (Phi) is 5.52. The lowest BCUT2D eigenvalue weighted by Crippen LogP contribution is -2.22. The van der Waals surface area contributed by atoms with Gasteiger partial charge in [0.1, 0.15) is 0 Å². The van der Waals surface area contributed by atoms with E-state index >= 15 is 0 Å². The van der Waals surface area contributed by atoms with Gasteiger partial charge in [-0.25, -0.2) is 4.98 Å².